The predicted octanol–water partition coefficient (Wildman–Crippen LogP) is 2.65. The second-order valence-electron chi connectivity index (χ2n) is 4.88. The molecule has 0 atom stereocenters. The lowest BCUT2D eigenvalue weighted by atomic mass is 9.77. The van der Waals surface area contributed by atoms with Crippen molar-refractivity contribution in [2.75, 3.05) is 0 Å². The fourth-order valence-electron chi connectivity index (χ4n) is 2.77. The van der Waals surface area contributed by atoms with Crippen molar-refractivity contribution in [3.63, 3.8) is 0 Å². The van der Waals surface area contributed by atoms with Gasteiger partial charge in [0, 0.05) is 11.1 Å². The molecule has 3 N–H and O–H groups in total. The van der Waals surface area contributed by atoms with E-state index in [1.54, 1.807) is 0 Å². The Hall–Kier alpha value is -1.55. The molecule has 90 valence electrons. The summed E-state index contributed by atoms with van der Waals surface area (Å²) in [5.41, 5.74) is 7.91. The number of benzene rings is 1. The zero-order chi connectivity index (χ0) is 11.9. The van der Waals surface area contributed by atoms with Gasteiger partial charge in [0.2, 0.25) is 0 Å². The summed E-state index contributed by atoms with van der Waals surface area (Å²) in [4.78, 5) is 4.02. The van der Waals surface area contributed by atoms with Crippen LogP contribution in [0.5, 0.6) is 5.75 Å². The Morgan fingerprint density at radius 1 is 1.24 bits per heavy atom. The summed E-state index contributed by atoms with van der Waals surface area (Å²) in [6, 6.07) is 3.74. The topological polar surface area (TPSA) is 72.3 Å². The summed E-state index contributed by atoms with van der Waals surface area (Å²) in [6.07, 6.45) is 6.64. The number of nitrogens with two attached hydrogens (primary N) is 1. The van der Waals surface area contributed by atoms with Gasteiger partial charge in [0.1, 0.15) is 5.52 Å². The molecule has 17 heavy (non-hydrogen) atoms. The molecular formula is C13H16N2O2. The van der Waals surface area contributed by atoms with Crippen LogP contribution in [0, 0.1) is 0 Å². The Balaban J connectivity index is 2.12. The van der Waals surface area contributed by atoms with Gasteiger partial charge in [0.15, 0.2) is 17.7 Å². The quantitative estimate of drug-likeness (QED) is 0.792. The first-order valence-electron chi connectivity index (χ1n) is 6.05. The van der Waals surface area contributed by atoms with E-state index in [-0.39, 0.29) is 5.75 Å². The van der Waals surface area contributed by atoms with E-state index in [2.05, 4.69) is 4.98 Å². The molecule has 0 aliphatic heterocycles. The van der Waals surface area contributed by atoms with Crippen molar-refractivity contribution in [1.29, 1.82) is 0 Å². The normalized spacial score (nSPS) is 19.6. The van der Waals surface area contributed by atoms with Crippen molar-refractivity contribution in [3.05, 3.63) is 24.1 Å². The SMILES string of the molecule is NC1(c2ccc3ncoc3c2O)CCCCC1. The number of fused-ring (bicyclic) bond motifs is 1. The van der Waals surface area contributed by atoms with Crippen LogP contribution >= 0.6 is 0 Å². The van der Waals surface area contributed by atoms with Gasteiger partial charge in [0.05, 0.1) is 0 Å². The summed E-state index contributed by atoms with van der Waals surface area (Å²) in [5.74, 6) is 0.157. The second kappa shape index (κ2) is 3.74. The number of hydrogen-bond donors (Lipinski definition) is 2. The number of phenolic OH excluding ortho intramolecular Hbond substituents is 1. The molecule has 0 bridgehead atoms. The van der Waals surface area contributed by atoms with Crippen LogP contribution in [0.1, 0.15) is 37.7 Å². The van der Waals surface area contributed by atoms with Gasteiger partial charge in [-0.05, 0) is 18.9 Å². The monoisotopic (exact) mass is 232 g/mol. The van der Waals surface area contributed by atoms with Crippen LogP contribution in [0.2, 0.25) is 0 Å². The molecule has 0 spiro atoms. The minimum absolute atomic E-state index is 0.157. The van der Waals surface area contributed by atoms with Crippen molar-refractivity contribution in [1.82, 2.24) is 4.98 Å². The van der Waals surface area contributed by atoms with Crippen molar-refractivity contribution in [3.8, 4) is 5.75 Å². The van der Waals surface area contributed by atoms with E-state index < -0.39 is 5.54 Å². The summed E-state index contributed by atoms with van der Waals surface area (Å²) in [6.45, 7) is 0. The van der Waals surface area contributed by atoms with E-state index in [9.17, 15) is 5.11 Å². The third-order valence-corrected chi connectivity index (χ3v) is 3.76. The predicted molar refractivity (Wildman–Crippen MR) is 64.6 cm³/mol. The smallest absolute Gasteiger partial charge is 0.196 e. The van der Waals surface area contributed by atoms with Crippen LogP contribution < -0.4 is 5.73 Å². The third-order valence-electron chi connectivity index (χ3n) is 3.76. The zero-order valence-electron chi connectivity index (χ0n) is 9.65. The molecule has 3 rings (SSSR count). The number of aromatic hydroxyl groups is 1. The third kappa shape index (κ3) is 1.60. The highest BCUT2D eigenvalue weighted by Gasteiger charge is 2.32. The lowest BCUT2D eigenvalue weighted by Gasteiger charge is -2.34. The average molecular weight is 232 g/mol. The van der Waals surface area contributed by atoms with Crippen LogP contribution in [-0.2, 0) is 5.54 Å². The molecule has 1 aliphatic rings. The Morgan fingerprint density at radius 2 is 2.00 bits per heavy atom. The molecular weight excluding hydrogens is 216 g/mol. The van der Waals surface area contributed by atoms with Crippen molar-refractivity contribution < 1.29 is 9.52 Å². The molecule has 1 aromatic carbocycles. The molecule has 2 aromatic rings. The average Bonchev–Trinajstić information content (AvgIpc) is 2.79. The molecule has 0 unspecified atom stereocenters. The minimum atomic E-state index is -0.413. The first kappa shape index (κ1) is 10.6. The Labute approximate surface area is 99.4 Å². The van der Waals surface area contributed by atoms with Crippen molar-refractivity contribution in [2.45, 2.75) is 37.6 Å². The molecule has 1 fully saturated rings. The molecule has 0 saturated heterocycles. The van der Waals surface area contributed by atoms with Crippen LogP contribution in [0.25, 0.3) is 11.1 Å². The number of hydrogen-bond acceptors (Lipinski definition) is 4. The van der Waals surface area contributed by atoms with E-state index in [1.165, 1.54) is 12.8 Å². The minimum Gasteiger partial charge on any atom is -0.504 e. The Kier molecular flexibility index (Phi) is 2.33. The zero-order valence-corrected chi connectivity index (χ0v) is 9.65. The lowest BCUT2D eigenvalue weighted by molar-refractivity contribution is 0.292. The standard InChI is InChI=1S/C13H16N2O2/c14-13(6-2-1-3-7-13)9-4-5-10-12(11(9)16)17-8-15-10/h4-5,8,16H,1-3,6-7,14H2. The lowest BCUT2D eigenvalue weighted by Crippen LogP contribution is -2.38. The molecule has 1 aromatic heterocycles. The van der Waals surface area contributed by atoms with Gasteiger partial charge in [-0.1, -0.05) is 25.3 Å². The van der Waals surface area contributed by atoms with Crippen LogP contribution in [0.3, 0.4) is 0 Å². The number of aromatic nitrogens is 1. The van der Waals surface area contributed by atoms with Gasteiger partial charge >= 0.3 is 0 Å². The summed E-state index contributed by atoms with van der Waals surface area (Å²) in [5, 5.41) is 10.2. The first-order chi connectivity index (χ1) is 8.21. The molecule has 1 aliphatic carbocycles. The molecule has 0 amide bonds. The fraction of sp³-hybridized carbons (Fsp3) is 0.462. The van der Waals surface area contributed by atoms with E-state index in [1.807, 2.05) is 12.1 Å². The number of phenols is 1. The highest BCUT2D eigenvalue weighted by Crippen LogP contribution is 2.41. The molecule has 4 nitrogen and oxygen atoms in total. The van der Waals surface area contributed by atoms with Gasteiger partial charge in [-0.2, -0.15) is 0 Å². The van der Waals surface area contributed by atoms with Gasteiger partial charge in [-0.15, -0.1) is 0 Å². The molecule has 1 heterocycles. The Bertz CT molecular complexity index is 541. The van der Waals surface area contributed by atoms with Gasteiger partial charge < -0.3 is 15.3 Å². The van der Waals surface area contributed by atoms with E-state index in [0.717, 1.165) is 31.2 Å². The number of rotatable bonds is 1. The van der Waals surface area contributed by atoms with E-state index >= 15 is 0 Å². The highest BCUT2D eigenvalue weighted by molar-refractivity contribution is 5.80. The number of oxazole rings is 1. The summed E-state index contributed by atoms with van der Waals surface area (Å²) < 4.78 is 5.21. The van der Waals surface area contributed by atoms with Crippen LogP contribution in [0.15, 0.2) is 22.9 Å². The first-order valence-corrected chi connectivity index (χ1v) is 6.05. The van der Waals surface area contributed by atoms with Gasteiger partial charge in [0.25, 0.3) is 0 Å². The van der Waals surface area contributed by atoms with E-state index in [0.29, 0.717) is 11.1 Å². The number of nitrogens with zero attached hydrogens (tertiary/aromatic N) is 1. The second-order valence-corrected chi connectivity index (χ2v) is 4.88. The molecule has 1 saturated carbocycles. The largest absolute Gasteiger partial charge is 0.504 e. The van der Waals surface area contributed by atoms with Crippen LogP contribution in [-0.4, -0.2) is 10.1 Å². The maximum absolute atomic E-state index is 10.2. The maximum Gasteiger partial charge on any atom is 0.196 e. The van der Waals surface area contributed by atoms with Crippen molar-refractivity contribution >= 4 is 11.1 Å². The van der Waals surface area contributed by atoms with Gasteiger partial charge in [-0.3, -0.25) is 0 Å². The maximum atomic E-state index is 10.2. The fourth-order valence-corrected chi connectivity index (χ4v) is 2.77. The molecule has 4 heteroatoms. The van der Waals surface area contributed by atoms with Crippen molar-refractivity contribution in [2.24, 2.45) is 5.73 Å². The summed E-state index contributed by atoms with van der Waals surface area (Å²) in [7, 11) is 0. The van der Waals surface area contributed by atoms with Crippen LogP contribution in [0.4, 0.5) is 0 Å². The Morgan fingerprint density at radius 3 is 2.76 bits per heavy atom. The van der Waals surface area contributed by atoms with Gasteiger partial charge in [-0.25, -0.2) is 4.98 Å². The van der Waals surface area contributed by atoms with E-state index in [4.69, 9.17) is 10.2 Å². The summed E-state index contributed by atoms with van der Waals surface area (Å²) >= 11 is 0. The highest BCUT2D eigenvalue weighted by atomic mass is 16.4. The molecule has 0 radical (unpaired) electrons.